The number of nitrogens with zero attached hydrogens (tertiary/aromatic N) is 2. The van der Waals surface area contributed by atoms with Crippen molar-refractivity contribution >= 4 is 5.91 Å². The second kappa shape index (κ2) is 8.99. The molecule has 1 aliphatic carbocycles. The molecule has 166 valence electrons. The van der Waals surface area contributed by atoms with E-state index in [2.05, 4.69) is 15.3 Å². The average molecular weight is 428 g/mol. The van der Waals surface area contributed by atoms with Crippen molar-refractivity contribution in [2.75, 3.05) is 13.7 Å². The highest BCUT2D eigenvalue weighted by Gasteiger charge is 2.32. The van der Waals surface area contributed by atoms with Crippen LogP contribution in [0.1, 0.15) is 45.1 Å². The minimum atomic E-state index is -0.249. The smallest absolute Gasteiger partial charge is 0.258 e. The summed E-state index contributed by atoms with van der Waals surface area (Å²) in [6, 6.07) is 5.93. The molecule has 1 amide bonds. The summed E-state index contributed by atoms with van der Waals surface area (Å²) in [5.74, 6) is 2.13. The quantitative estimate of drug-likeness (QED) is 0.726. The van der Waals surface area contributed by atoms with Crippen molar-refractivity contribution < 1.29 is 23.7 Å². The maximum Gasteiger partial charge on any atom is 0.258 e. The second-order valence-corrected chi connectivity index (χ2v) is 8.63. The molecular weight excluding hydrogens is 398 g/mol. The third-order valence-corrected chi connectivity index (χ3v) is 5.54. The van der Waals surface area contributed by atoms with Gasteiger partial charge in [-0.1, -0.05) is 12.1 Å². The summed E-state index contributed by atoms with van der Waals surface area (Å²) in [6.45, 7) is 4.06. The van der Waals surface area contributed by atoms with Crippen LogP contribution in [-0.4, -0.2) is 47.3 Å². The number of ether oxygens (including phenoxy) is 4. The number of nitrogens with one attached hydrogen (secondary N) is 1. The predicted molar refractivity (Wildman–Crippen MR) is 114 cm³/mol. The molecule has 31 heavy (non-hydrogen) atoms. The highest BCUT2D eigenvalue weighted by molar-refractivity contribution is 5.78. The Labute approximate surface area is 182 Å². The Morgan fingerprint density at radius 3 is 2.74 bits per heavy atom. The number of amides is 1. The first kappa shape index (κ1) is 21.2. The van der Waals surface area contributed by atoms with Crippen molar-refractivity contribution in [1.82, 2.24) is 15.3 Å². The number of fused-ring (bicyclic) bond motifs is 1. The van der Waals surface area contributed by atoms with Gasteiger partial charge in [0.15, 0.2) is 18.1 Å². The summed E-state index contributed by atoms with van der Waals surface area (Å²) in [6.07, 6.45) is 7.35. The van der Waals surface area contributed by atoms with Gasteiger partial charge in [0.05, 0.1) is 19.5 Å². The number of carbonyl (C=O) groups is 1. The van der Waals surface area contributed by atoms with Crippen molar-refractivity contribution in [3.63, 3.8) is 0 Å². The summed E-state index contributed by atoms with van der Waals surface area (Å²) < 4.78 is 22.8. The van der Waals surface area contributed by atoms with E-state index in [-0.39, 0.29) is 30.3 Å². The molecule has 2 aliphatic rings. The molecule has 0 bridgehead atoms. The number of para-hydroxylation sites is 1. The van der Waals surface area contributed by atoms with Crippen LogP contribution in [0.25, 0.3) is 0 Å². The molecule has 8 heteroatoms. The van der Waals surface area contributed by atoms with Crippen molar-refractivity contribution in [2.24, 2.45) is 0 Å². The standard InChI is InChI=1S/C23H29N3O5/c1-23(2)11-15-5-4-6-18(22(15)31-23)29-14-19(27)25-16-7-9-17(10-8-16)30-21-13-24-12-20(26-21)28-3/h4-6,12-13,16-17H,7-11,14H2,1-3H3,(H,25,27). The topological polar surface area (TPSA) is 91.8 Å². The third-order valence-electron chi connectivity index (χ3n) is 5.54. The molecule has 1 saturated carbocycles. The highest BCUT2D eigenvalue weighted by Crippen LogP contribution is 2.41. The monoisotopic (exact) mass is 427 g/mol. The number of aromatic nitrogens is 2. The molecule has 8 nitrogen and oxygen atoms in total. The van der Waals surface area contributed by atoms with Crippen LogP contribution in [0.15, 0.2) is 30.6 Å². The summed E-state index contributed by atoms with van der Waals surface area (Å²) in [5.41, 5.74) is 0.864. The SMILES string of the molecule is COc1cncc(OC2CCC(NC(=O)COc3cccc4c3OC(C)(C)C4)CC2)n1. The molecule has 0 spiro atoms. The van der Waals surface area contributed by atoms with Crippen molar-refractivity contribution in [3.05, 3.63) is 36.2 Å². The minimum Gasteiger partial charge on any atom is -0.483 e. The summed E-state index contributed by atoms with van der Waals surface area (Å²) in [5, 5.41) is 3.07. The van der Waals surface area contributed by atoms with Gasteiger partial charge in [-0.05, 0) is 45.6 Å². The predicted octanol–water partition coefficient (Wildman–Crippen LogP) is 3.08. The lowest BCUT2D eigenvalue weighted by Crippen LogP contribution is -2.41. The Balaban J connectivity index is 1.22. The number of benzene rings is 1. The van der Waals surface area contributed by atoms with Crippen molar-refractivity contribution in [2.45, 2.75) is 63.7 Å². The fraction of sp³-hybridized carbons (Fsp3) is 0.522. The number of rotatable bonds is 7. The zero-order chi connectivity index (χ0) is 21.8. The Hall–Kier alpha value is -3.03. The van der Waals surface area contributed by atoms with Gasteiger partial charge >= 0.3 is 0 Å². The van der Waals surface area contributed by atoms with Crippen LogP contribution < -0.4 is 24.3 Å². The van der Waals surface area contributed by atoms with E-state index in [1.165, 1.54) is 6.20 Å². The van der Waals surface area contributed by atoms with Crippen LogP contribution in [0.2, 0.25) is 0 Å². The Morgan fingerprint density at radius 2 is 1.97 bits per heavy atom. The van der Waals surface area contributed by atoms with Crippen molar-refractivity contribution in [1.29, 1.82) is 0 Å². The average Bonchev–Trinajstić information content (AvgIpc) is 3.08. The molecule has 2 heterocycles. The van der Waals surface area contributed by atoms with Gasteiger partial charge in [-0.25, -0.2) is 0 Å². The molecule has 1 N–H and O–H groups in total. The molecule has 1 fully saturated rings. The largest absolute Gasteiger partial charge is 0.483 e. The van der Waals surface area contributed by atoms with Crippen LogP contribution >= 0.6 is 0 Å². The summed E-state index contributed by atoms with van der Waals surface area (Å²) >= 11 is 0. The number of carbonyl (C=O) groups excluding carboxylic acids is 1. The third kappa shape index (κ3) is 5.37. The molecule has 2 aromatic rings. The van der Waals surface area contributed by atoms with Gasteiger partial charge in [-0.2, -0.15) is 4.98 Å². The highest BCUT2D eigenvalue weighted by atomic mass is 16.5. The molecule has 1 aromatic carbocycles. The fourth-order valence-electron chi connectivity index (χ4n) is 4.10. The van der Waals surface area contributed by atoms with E-state index in [9.17, 15) is 4.79 Å². The number of hydrogen-bond acceptors (Lipinski definition) is 7. The molecule has 0 atom stereocenters. The van der Waals surface area contributed by atoms with E-state index >= 15 is 0 Å². The Kier molecular flexibility index (Phi) is 6.15. The first-order chi connectivity index (χ1) is 14.9. The number of methoxy groups -OCH3 is 1. The molecule has 1 aromatic heterocycles. The zero-order valence-electron chi connectivity index (χ0n) is 18.2. The number of hydrogen-bond donors (Lipinski definition) is 1. The van der Waals surface area contributed by atoms with Gasteiger partial charge in [0.1, 0.15) is 11.7 Å². The van der Waals surface area contributed by atoms with Crippen LogP contribution in [0.5, 0.6) is 23.3 Å². The van der Waals surface area contributed by atoms with E-state index in [0.29, 0.717) is 17.5 Å². The van der Waals surface area contributed by atoms with Gasteiger partial charge in [-0.3, -0.25) is 9.78 Å². The molecular formula is C23H29N3O5. The fourth-order valence-corrected chi connectivity index (χ4v) is 4.10. The van der Waals surface area contributed by atoms with Crippen molar-refractivity contribution in [3.8, 4) is 23.3 Å². The lowest BCUT2D eigenvalue weighted by molar-refractivity contribution is -0.124. The van der Waals surface area contributed by atoms with Gasteiger partial charge in [-0.15, -0.1) is 0 Å². The molecule has 0 radical (unpaired) electrons. The van der Waals surface area contributed by atoms with Crippen LogP contribution in [0.3, 0.4) is 0 Å². The Morgan fingerprint density at radius 1 is 1.19 bits per heavy atom. The van der Waals surface area contributed by atoms with E-state index in [0.717, 1.165) is 43.4 Å². The van der Waals surface area contributed by atoms with Crippen LogP contribution in [0.4, 0.5) is 0 Å². The molecule has 4 rings (SSSR count). The van der Waals surface area contributed by atoms with E-state index < -0.39 is 0 Å². The van der Waals surface area contributed by atoms with Gasteiger partial charge in [0.25, 0.3) is 5.91 Å². The maximum absolute atomic E-state index is 12.4. The second-order valence-electron chi connectivity index (χ2n) is 8.63. The van der Waals surface area contributed by atoms with E-state index in [4.69, 9.17) is 18.9 Å². The lowest BCUT2D eigenvalue weighted by Gasteiger charge is -2.29. The summed E-state index contributed by atoms with van der Waals surface area (Å²) in [7, 11) is 1.55. The molecule has 1 aliphatic heterocycles. The Bertz CT molecular complexity index is 925. The van der Waals surface area contributed by atoms with Crippen LogP contribution in [0, 0.1) is 0 Å². The van der Waals surface area contributed by atoms with Gasteiger partial charge < -0.3 is 24.3 Å². The van der Waals surface area contributed by atoms with Crippen LogP contribution in [-0.2, 0) is 11.2 Å². The molecule has 0 unspecified atom stereocenters. The molecule has 0 saturated heterocycles. The zero-order valence-corrected chi connectivity index (χ0v) is 18.2. The first-order valence-electron chi connectivity index (χ1n) is 10.7. The van der Waals surface area contributed by atoms with Gasteiger partial charge in [0.2, 0.25) is 11.8 Å². The minimum absolute atomic E-state index is 0.0317. The van der Waals surface area contributed by atoms with E-state index in [1.54, 1.807) is 13.3 Å². The van der Waals surface area contributed by atoms with E-state index in [1.807, 2.05) is 32.0 Å². The lowest BCUT2D eigenvalue weighted by atomic mass is 9.93. The normalized spacial score (nSPS) is 21.5. The van der Waals surface area contributed by atoms with Gasteiger partial charge in [0, 0.05) is 18.0 Å². The maximum atomic E-state index is 12.4. The summed E-state index contributed by atoms with van der Waals surface area (Å²) in [4.78, 5) is 20.7. The first-order valence-corrected chi connectivity index (χ1v) is 10.7.